The van der Waals surface area contributed by atoms with Crippen LogP contribution in [-0.2, 0) is 4.79 Å². The van der Waals surface area contributed by atoms with E-state index in [-0.39, 0.29) is 12.3 Å². The van der Waals surface area contributed by atoms with Gasteiger partial charge in [0.2, 0.25) is 5.91 Å². The van der Waals surface area contributed by atoms with Crippen LogP contribution in [0.4, 0.5) is 11.4 Å². The van der Waals surface area contributed by atoms with Gasteiger partial charge in [0.05, 0.1) is 30.4 Å². The Kier molecular flexibility index (Phi) is 2.83. The first-order valence-corrected chi connectivity index (χ1v) is 5.69. The normalized spacial score (nSPS) is 21.1. The van der Waals surface area contributed by atoms with Crippen molar-refractivity contribution in [1.29, 1.82) is 0 Å². The molecular formula is C10H11IN2O2. The van der Waals surface area contributed by atoms with Crippen LogP contribution in [0.25, 0.3) is 0 Å². The molecule has 1 amide bonds. The quantitative estimate of drug-likeness (QED) is 0.599. The van der Waals surface area contributed by atoms with Crippen LogP contribution in [0.1, 0.15) is 6.42 Å². The number of aliphatic hydroxyl groups excluding tert-OH is 1. The Morgan fingerprint density at radius 3 is 2.80 bits per heavy atom. The third-order valence-corrected chi connectivity index (χ3v) is 3.06. The maximum absolute atomic E-state index is 11.5. The average molecular weight is 318 g/mol. The number of rotatable bonds is 1. The molecule has 15 heavy (non-hydrogen) atoms. The molecule has 0 bridgehead atoms. The van der Waals surface area contributed by atoms with E-state index >= 15 is 0 Å². The molecule has 1 saturated heterocycles. The summed E-state index contributed by atoms with van der Waals surface area (Å²) < 4.78 is 1.03. The minimum atomic E-state index is -0.573. The van der Waals surface area contributed by atoms with E-state index in [2.05, 4.69) is 22.6 Å². The van der Waals surface area contributed by atoms with Gasteiger partial charge in [-0.3, -0.25) is 4.79 Å². The summed E-state index contributed by atoms with van der Waals surface area (Å²) >= 11 is 2.16. The minimum Gasteiger partial charge on any atom is -0.397 e. The van der Waals surface area contributed by atoms with Gasteiger partial charge in [-0.05, 0) is 40.8 Å². The number of anilines is 2. The molecule has 1 aliphatic heterocycles. The van der Waals surface area contributed by atoms with E-state index in [9.17, 15) is 9.90 Å². The van der Waals surface area contributed by atoms with E-state index in [1.54, 1.807) is 0 Å². The van der Waals surface area contributed by atoms with Crippen molar-refractivity contribution >= 4 is 39.9 Å². The largest absolute Gasteiger partial charge is 0.397 e. The molecule has 2 rings (SSSR count). The third kappa shape index (κ3) is 2.07. The fourth-order valence-corrected chi connectivity index (χ4v) is 2.21. The molecule has 4 nitrogen and oxygen atoms in total. The molecule has 0 radical (unpaired) electrons. The predicted octanol–water partition coefficient (Wildman–Crippen LogP) is 0.971. The summed E-state index contributed by atoms with van der Waals surface area (Å²) in [6, 6.07) is 5.52. The first-order valence-electron chi connectivity index (χ1n) is 4.61. The van der Waals surface area contributed by atoms with Crippen molar-refractivity contribution < 1.29 is 9.90 Å². The number of hydrogen-bond acceptors (Lipinski definition) is 3. The Labute approximate surface area is 101 Å². The van der Waals surface area contributed by atoms with E-state index < -0.39 is 6.10 Å². The number of β-amino-alcohol motifs (C(OH)–C–C–N with tert-alkyl or cyclic N) is 1. The Balaban J connectivity index is 2.34. The number of nitrogens with zero attached hydrogens (tertiary/aromatic N) is 1. The van der Waals surface area contributed by atoms with Crippen LogP contribution < -0.4 is 10.6 Å². The van der Waals surface area contributed by atoms with Crippen molar-refractivity contribution in [3.05, 3.63) is 21.8 Å². The molecule has 1 fully saturated rings. The highest BCUT2D eigenvalue weighted by molar-refractivity contribution is 14.1. The van der Waals surface area contributed by atoms with Crippen LogP contribution in [0.5, 0.6) is 0 Å². The Morgan fingerprint density at radius 2 is 2.27 bits per heavy atom. The van der Waals surface area contributed by atoms with Crippen molar-refractivity contribution in [3.63, 3.8) is 0 Å². The number of carbonyl (C=O) groups excluding carboxylic acids is 1. The summed E-state index contributed by atoms with van der Waals surface area (Å²) in [7, 11) is 0. The summed E-state index contributed by atoms with van der Waals surface area (Å²) in [5, 5.41) is 9.37. The Hall–Kier alpha value is -0.820. The third-order valence-electron chi connectivity index (χ3n) is 2.38. The molecule has 1 unspecified atom stereocenters. The first kappa shape index (κ1) is 10.7. The lowest BCUT2D eigenvalue weighted by atomic mass is 10.2. The second-order valence-corrected chi connectivity index (χ2v) is 4.81. The summed E-state index contributed by atoms with van der Waals surface area (Å²) in [6.45, 7) is 0.337. The molecular weight excluding hydrogens is 307 g/mol. The van der Waals surface area contributed by atoms with Crippen molar-refractivity contribution in [1.82, 2.24) is 0 Å². The Morgan fingerprint density at radius 1 is 1.53 bits per heavy atom. The number of hydrogen-bond donors (Lipinski definition) is 2. The molecule has 1 aromatic rings. The summed E-state index contributed by atoms with van der Waals surface area (Å²) in [6.07, 6.45) is -0.387. The lowest BCUT2D eigenvalue weighted by Gasteiger charge is -2.18. The molecule has 1 aromatic carbocycles. The summed E-state index contributed by atoms with van der Waals surface area (Å²) in [4.78, 5) is 13.1. The highest BCUT2D eigenvalue weighted by Crippen LogP contribution is 2.28. The predicted molar refractivity (Wildman–Crippen MR) is 66.5 cm³/mol. The fraction of sp³-hybridized carbons (Fsp3) is 0.300. The van der Waals surface area contributed by atoms with Crippen molar-refractivity contribution in [2.24, 2.45) is 0 Å². The van der Waals surface area contributed by atoms with Gasteiger partial charge >= 0.3 is 0 Å². The lowest BCUT2D eigenvalue weighted by Crippen LogP contribution is -2.26. The number of halogens is 1. The standard InChI is InChI=1S/C10H11IN2O2/c11-6-1-2-9(8(12)3-6)13-5-7(14)4-10(13)15/h1-3,7,14H,4-5,12H2. The maximum Gasteiger partial charge on any atom is 0.229 e. The van der Waals surface area contributed by atoms with Crippen molar-refractivity contribution in [2.75, 3.05) is 17.2 Å². The molecule has 80 valence electrons. The van der Waals surface area contributed by atoms with E-state index in [4.69, 9.17) is 5.73 Å². The number of amides is 1. The zero-order chi connectivity index (χ0) is 11.0. The van der Waals surface area contributed by atoms with Crippen LogP contribution >= 0.6 is 22.6 Å². The Bertz CT molecular complexity index is 408. The molecule has 1 heterocycles. The average Bonchev–Trinajstić information content (AvgIpc) is 2.45. The highest BCUT2D eigenvalue weighted by atomic mass is 127. The number of nitrogens with two attached hydrogens (primary N) is 1. The van der Waals surface area contributed by atoms with Gasteiger partial charge in [0.25, 0.3) is 0 Å². The molecule has 0 saturated carbocycles. The zero-order valence-corrected chi connectivity index (χ0v) is 10.1. The molecule has 5 heteroatoms. The second kappa shape index (κ2) is 3.97. The monoisotopic (exact) mass is 318 g/mol. The number of carbonyl (C=O) groups is 1. The molecule has 0 aliphatic carbocycles. The van der Waals surface area contributed by atoms with Gasteiger partial charge in [-0.25, -0.2) is 0 Å². The van der Waals surface area contributed by atoms with Gasteiger partial charge in [0, 0.05) is 3.57 Å². The van der Waals surface area contributed by atoms with Crippen LogP contribution in [-0.4, -0.2) is 23.7 Å². The summed E-state index contributed by atoms with van der Waals surface area (Å²) in [5.74, 6) is -0.0737. The van der Waals surface area contributed by atoms with Gasteiger partial charge in [-0.15, -0.1) is 0 Å². The molecule has 0 spiro atoms. The van der Waals surface area contributed by atoms with E-state index in [1.165, 1.54) is 4.90 Å². The van der Waals surface area contributed by atoms with Gasteiger partial charge in [-0.1, -0.05) is 0 Å². The number of benzene rings is 1. The van der Waals surface area contributed by atoms with Crippen molar-refractivity contribution in [2.45, 2.75) is 12.5 Å². The zero-order valence-electron chi connectivity index (χ0n) is 7.98. The van der Waals surface area contributed by atoms with Gasteiger partial charge in [-0.2, -0.15) is 0 Å². The van der Waals surface area contributed by atoms with Crippen molar-refractivity contribution in [3.8, 4) is 0 Å². The molecule has 3 N–H and O–H groups in total. The van der Waals surface area contributed by atoms with Gasteiger partial charge in [0.1, 0.15) is 0 Å². The van der Waals surface area contributed by atoms with Gasteiger partial charge < -0.3 is 15.7 Å². The SMILES string of the molecule is Nc1cc(I)ccc1N1CC(O)CC1=O. The van der Waals surface area contributed by atoms with Crippen LogP contribution in [0.3, 0.4) is 0 Å². The van der Waals surface area contributed by atoms with Gasteiger partial charge in [0.15, 0.2) is 0 Å². The first-order chi connectivity index (χ1) is 7.08. The van der Waals surface area contributed by atoms with E-state index in [0.29, 0.717) is 17.9 Å². The fourth-order valence-electron chi connectivity index (χ4n) is 1.69. The number of nitrogen functional groups attached to an aromatic ring is 1. The van der Waals surface area contributed by atoms with Crippen LogP contribution in [0.15, 0.2) is 18.2 Å². The van der Waals surface area contributed by atoms with E-state index in [0.717, 1.165) is 3.57 Å². The smallest absolute Gasteiger partial charge is 0.229 e. The summed E-state index contributed by atoms with van der Waals surface area (Å²) in [5.41, 5.74) is 7.09. The molecule has 1 aliphatic rings. The molecule has 0 aromatic heterocycles. The minimum absolute atomic E-state index is 0.0737. The van der Waals surface area contributed by atoms with Crippen LogP contribution in [0, 0.1) is 3.57 Å². The maximum atomic E-state index is 11.5. The topological polar surface area (TPSA) is 66.6 Å². The number of aliphatic hydroxyl groups is 1. The van der Waals surface area contributed by atoms with E-state index in [1.807, 2.05) is 18.2 Å². The highest BCUT2D eigenvalue weighted by Gasteiger charge is 2.29. The second-order valence-electron chi connectivity index (χ2n) is 3.57. The lowest BCUT2D eigenvalue weighted by molar-refractivity contribution is -0.117. The molecule has 1 atom stereocenters. The van der Waals surface area contributed by atoms with Crippen LogP contribution in [0.2, 0.25) is 0 Å².